The summed E-state index contributed by atoms with van der Waals surface area (Å²) in [5.41, 5.74) is 0.571. The van der Waals surface area contributed by atoms with Crippen molar-refractivity contribution < 1.29 is 8.42 Å². The largest absolute Gasteiger partial charge is 0.281 e. The van der Waals surface area contributed by atoms with Crippen molar-refractivity contribution in [2.75, 3.05) is 12.3 Å². The molecule has 7 heteroatoms. The highest BCUT2D eigenvalue weighted by Gasteiger charge is 2.31. The van der Waals surface area contributed by atoms with Gasteiger partial charge in [-0.25, -0.2) is 13.1 Å². The van der Waals surface area contributed by atoms with Crippen LogP contribution in [0.1, 0.15) is 25.5 Å². The molecule has 0 spiro atoms. The van der Waals surface area contributed by atoms with Crippen LogP contribution >= 0.6 is 11.8 Å². The standard InChI is InChI=1S/C10H17N3O2S2/c1-8-9(6-11-13-8)17(14,15)12-7-10(2)4-3-5-16-10/h6,12H,3-5,7H2,1-2H3,(H,11,13). The number of rotatable bonds is 4. The van der Waals surface area contributed by atoms with Gasteiger partial charge in [-0.3, -0.25) is 5.10 Å². The Balaban J connectivity index is 2.06. The maximum Gasteiger partial charge on any atom is 0.243 e. The minimum absolute atomic E-state index is 0.0325. The maximum atomic E-state index is 12.0. The van der Waals surface area contributed by atoms with E-state index < -0.39 is 10.0 Å². The van der Waals surface area contributed by atoms with Crippen LogP contribution in [0.15, 0.2) is 11.1 Å². The molecule has 1 aromatic rings. The highest BCUT2D eigenvalue weighted by molar-refractivity contribution is 8.01. The Kier molecular flexibility index (Phi) is 3.51. The van der Waals surface area contributed by atoms with Crippen LogP contribution in [0.4, 0.5) is 0 Å². The first-order valence-corrected chi connectivity index (χ1v) is 8.03. The highest BCUT2D eigenvalue weighted by Crippen LogP contribution is 2.37. The van der Waals surface area contributed by atoms with Crippen LogP contribution in [-0.4, -0.2) is 35.7 Å². The van der Waals surface area contributed by atoms with E-state index in [1.807, 2.05) is 11.8 Å². The monoisotopic (exact) mass is 275 g/mol. The molecule has 2 N–H and O–H groups in total. The van der Waals surface area contributed by atoms with Gasteiger partial charge in [0.2, 0.25) is 10.0 Å². The van der Waals surface area contributed by atoms with E-state index in [9.17, 15) is 8.42 Å². The molecular formula is C10H17N3O2S2. The number of aromatic amines is 1. The van der Waals surface area contributed by atoms with E-state index in [-0.39, 0.29) is 9.64 Å². The Hall–Kier alpha value is -0.530. The minimum Gasteiger partial charge on any atom is -0.281 e. The van der Waals surface area contributed by atoms with Crippen LogP contribution in [0.5, 0.6) is 0 Å². The van der Waals surface area contributed by atoms with Gasteiger partial charge in [0.15, 0.2) is 0 Å². The molecule has 17 heavy (non-hydrogen) atoms. The SMILES string of the molecule is Cc1[nH]ncc1S(=O)(=O)NCC1(C)CCCS1. The molecule has 0 bridgehead atoms. The fraction of sp³-hybridized carbons (Fsp3) is 0.700. The number of sulfonamides is 1. The number of thioether (sulfide) groups is 1. The molecule has 0 saturated carbocycles. The number of nitrogens with zero attached hydrogens (tertiary/aromatic N) is 1. The fourth-order valence-corrected chi connectivity index (χ4v) is 4.55. The van der Waals surface area contributed by atoms with Crippen LogP contribution in [0.2, 0.25) is 0 Å². The summed E-state index contributed by atoms with van der Waals surface area (Å²) >= 11 is 1.84. The van der Waals surface area contributed by atoms with Crippen LogP contribution in [0, 0.1) is 6.92 Å². The second kappa shape index (κ2) is 4.62. The van der Waals surface area contributed by atoms with Crippen molar-refractivity contribution in [3.63, 3.8) is 0 Å². The number of aromatic nitrogens is 2. The summed E-state index contributed by atoms with van der Waals surface area (Å²) < 4.78 is 26.8. The summed E-state index contributed by atoms with van der Waals surface area (Å²) in [5, 5.41) is 6.37. The number of H-pyrrole nitrogens is 1. The van der Waals surface area contributed by atoms with Gasteiger partial charge in [-0.05, 0) is 32.4 Å². The Bertz CT molecular complexity index is 489. The zero-order valence-corrected chi connectivity index (χ0v) is 11.6. The van der Waals surface area contributed by atoms with Gasteiger partial charge in [-0.15, -0.1) is 0 Å². The lowest BCUT2D eigenvalue weighted by atomic mass is 10.1. The summed E-state index contributed by atoms with van der Waals surface area (Å²) in [6.45, 7) is 4.29. The summed E-state index contributed by atoms with van der Waals surface area (Å²) in [7, 11) is -3.43. The van der Waals surface area contributed by atoms with Crippen molar-refractivity contribution >= 4 is 21.8 Å². The Morgan fingerprint density at radius 2 is 2.41 bits per heavy atom. The van der Waals surface area contributed by atoms with Gasteiger partial charge in [0.25, 0.3) is 0 Å². The molecule has 1 aliphatic rings. The molecule has 1 aliphatic heterocycles. The molecule has 0 radical (unpaired) electrons. The van der Waals surface area contributed by atoms with E-state index in [1.54, 1.807) is 6.92 Å². The molecule has 5 nitrogen and oxygen atoms in total. The number of nitrogens with one attached hydrogen (secondary N) is 2. The highest BCUT2D eigenvalue weighted by atomic mass is 32.2. The minimum atomic E-state index is -3.43. The molecule has 1 fully saturated rings. The van der Waals surface area contributed by atoms with E-state index >= 15 is 0 Å². The van der Waals surface area contributed by atoms with Crippen molar-refractivity contribution in [3.05, 3.63) is 11.9 Å². The predicted molar refractivity (Wildman–Crippen MR) is 68.6 cm³/mol. The normalized spacial score (nSPS) is 25.3. The number of hydrogen-bond donors (Lipinski definition) is 2. The lowest BCUT2D eigenvalue weighted by molar-refractivity contribution is 0.552. The van der Waals surface area contributed by atoms with Gasteiger partial charge in [0.05, 0.1) is 11.9 Å². The molecule has 2 rings (SSSR count). The fourth-order valence-electron chi connectivity index (χ4n) is 1.91. The molecule has 1 aromatic heterocycles. The Morgan fingerprint density at radius 3 is 2.94 bits per heavy atom. The maximum absolute atomic E-state index is 12.0. The Morgan fingerprint density at radius 1 is 1.65 bits per heavy atom. The third-order valence-electron chi connectivity index (χ3n) is 3.01. The average Bonchev–Trinajstić information content (AvgIpc) is 2.86. The second-order valence-electron chi connectivity index (χ2n) is 4.59. The molecule has 1 saturated heterocycles. The van der Waals surface area contributed by atoms with Crippen molar-refractivity contribution in [3.8, 4) is 0 Å². The predicted octanol–water partition coefficient (Wildman–Crippen LogP) is 1.28. The first-order chi connectivity index (χ1) is 7.93. The lowest BCUT2D eigenvalue weighted by Gasteiger charge is -2.22. The second-order valence-corrected chi connectivity index (χ2v) is 8.00. The lowest BCUT2D eigenvalue weighted by Crippen LogP contribution is -2.36. The van der Waals surface area contributed by atoms with Crippen molar-refractivity contribution in [2.45, 2.75) is 36.3 Å². The first kappa shape index (κ1) is 12.9. The third-order valence-corrected chi connectivity index (χ3v) is 6.06. The zero-order valence-electron chi connectivity index (χ0n) is 9.99. The van der Waals surface area contributed by atoms with Gasteiger partial charge in [0.1, 0.15) is 4.90 Å². The number of aryl methyl sites for hydroxylation is 1. The van der Waals surface area contributed by atoms with E-state index in [4.69, 9.17) is 0 Å². The molecule has 96 valence electrons. The number of hydrogen-bond acceptors (Lipinski definition) is 4. The quantitative estimate of drug-likeness (QED) is 0.868. The van der Waals surface area contributed by atoms with Gasteiger partial charge in [0, 0.05) is 11.3 Å². The summed E-state index contributed by atoms with van der Waals surface area (Å²) in [4.78, 5) is 0.240. The molecule has 0 aromatic carbocycles. The van der Waals surface area contributed by atoms with Gasteiger partial charge >= 0.3 is 0 Å². The smallest absolute Gasteiger partial charge is 0.243 e. The van der Waals surface area contributed by atoms with E-state index in [2.05, 4.69) is 21.8 Å². The van der Waals surface area contributed by atoms with E-state index in [1.165, 1.54) is 6.20 Å². The third kappa shape index (κ3) is 2.83. The molecule has 0 aliphatic carbocycles. The topological polar surface area (TPSA) is 74.8 Å². The van der Waals surface area contributed by atoms with Crippen molar-refractivity contribution in [1.29, 1.82) is 0 Å². The van der Waals surface area contributed by atoms with E-state index in [0.29, 0.717) is 12.2 Å². The van der Waals surface area contributed by atoms with Crippen molar-refractivity contribution in [1.82, 2.24) is 14.9 Å². The van der Waals surface area contributed by atoms with E-state index in [0.717, 1.165) is 18.6 Å². The molecule has 1 atom stereocenters. The van der Waals surface area contributed by atoms with Crippen LogP contribution < -0.4 is 4.72 Å². The van der Waals surface area contributed by atoms with Gasteiger partial charge < -0.3 is 0 Å². The molecule has 1 unspecified atom stereocenters. The summed E-state index contributed by atoms with van der Waals surface area (Å²) in [6, 6.07) is 0. The molecule has 0 amide bonds. The average molecular weight is 275 g/mol. The zero-order chi connectivity index (χ0) is 12.5. The van der Waals surface area contributed by atoms with Crippen LogP contribution in [-0.2, 0) is 10.0 Å². The van der Waals surface area contributed by atoms with Gasteiger partial charge in [-0.2, -0.15) is 16.9 Å². The molecular weight excluding hydrogens is 258 g/mol. The van der Waals surface area contributed by atoms with Crippen molar-refractivity contribution in [2.24, 2.45) is 0 Å². The molecule has 2 heterocycles. The van der Waals surface area contributed by atoms with Crippen LogP contribution in [0.3, 0.4) is 0 Å². The van der Waals surface area contributed by atoms with Crippen LogP contribution in [0.25, 0.3) is 0 Å². The Labute approximate surface area is 106 Å². The first-order valence-electron chi connectivity index (χ1n) is 5.57. The summed E-state index contributed by atoms with van der Waals surface area (Å²) in [6.07, 6.45) is 3.57. The summed E-state index contributed by atoms with van der Waals surface area (Å²) in [5.74, 6) is 1.11. The van der Waals surface area contributed by atoms with Gasteiger partial charge in [-0.1, -0.05) is 0 Å².